The summed E-state index contributed by atoms with van der Waals surface area (Å²) in [7, 11) is 1.31. The number of methoxy groups -OCH3 is 1. The predicted octanol–water partition coefficient (Wildman–Crippen LogP) is 6.27. The van der Waals surface area contributed by atoms with Crippen LogP contribution < -0.4 is 4.74 Å². The Bertz CT molecular complexity index is 1190. The molecule has 1 aliphatic carbocycles. The van der Waals surface area contributed by atoms with Crippen molar-refractivity contribution in [1.29, 1.82) is 0 Å². The van der Waals surface area contributed by atoms with Crippen molar-refractivity contribution in [1.82, 2.24) is 9.88 Å². The molecular formula is C30H37F3N2O5. The predicted molar refractivity (Wildman–Crippen MR) is 141 cm³/mol. The van der Waals surface area contributed by atoms with E-state index in [-0.39, 0.29) is 29.9 Å². The summed E-state index contributed by atoms with van der Waals surface area (Å²) in [6.45, 7) is 5.38. The highest BCUT2D eigenvalue weighted by molar-refractivity contribution is 5.87. The van der Waals surface area contributed by atoms with Crippen molar-refractivity contribution >= 4 is 11.9 Å². The molecule has 0 unspecified atom stereocenters. The molecule has 2 aromatic rings. The highest BCUT2D eigenvalue weighted by Crippen LogP contribution is 2.51. The third-order valence-electron chi connectivity index (χ3n) is 8.08. The van der Waals surface area contributed by atoms with Gasteiger partial charge in [0.1, 0.15) is 6.04 Å². The van der Waals surface area contributed by atoms with E-state index in [0.717, 1.165) is 25.3 Å². The Kier molecular flexibility index (Phi) is 8.77. The van der Waals surface area contributed by atoms with E-state index in [1.54, 1.807) is 0 Å². The average molecular weight is 563 g/mol. The number of nitrogens with zero attached hydrogens (tertiary/aromatic N) is 2. The molecule has 218 valence electrons. The second-order valence-electron chi connectivity index (χ2n) is 11.8. The molecule has 1 saturated carbocycles. The first kappa shape index (κ1) is 29.8. The second-order valence-corrected chi connectivity index (χ2v) is 11.8. The Balaban J connectivity index is 1.81. The van der Waals surface area contributed by atoms with E-state index in [0.29, 0.717) is 24.6 Å². The molecule has 2 aliphatic rings. The van der Waals surface area contributed by atoms with E-state index in [4.69, 9.17) is 9.47 Å². The molecule has 1 saturated heterocycles. The number of aliphatic carboxylic acids is 1. The summed E-state index contributed by atoms with van der Waals surface area (Å²) in [5, 5.41) is 10.5. The number of carboxylic acids is 1. The van der Waals surface area contributed by atoms with Gasteiger partial charge in [-0.1, -0.05) is 70.4 Å². The molecule has 0 bridgehead atoms. The Morgan fingerprint density at radius 3 is 2.27 bits per heavy atom. The highest BCUT2D eigenvalue weighted by atomic mass is 19.4. The molecule has 2 fully saturated rings. The summed E-state index contributed by atoms with van der Waals surface area (Å²) < 4.78 is 52.0. The minimum absolute atomic E-state index is 0.0144. The SMILES string of the molecule is COc1ncc(C(F)(F)F)cc1CO[C@@H]1[C@@H](C(C)(C)C)[C@H](C(=O)O)N(C(=O)C2CCCCC2)[C@@H]1c1ccccc1. The molecule has 1 N–H and O–H groups in total. The van der Waals surface area contributed by atoms with Gasteiger partial charge in [0, 0.05) is 23.6 Å². The van der Waals surface area contributed by atoms with Gasteiger partial charge in [-0.25, -0.2) is 9.78 Å². The number of ether oxygens (including phenoxy) is 2. The van der Waals surface area contributed by atoms with E-state index in [1.165, 1.54) is 12.0 Å². The molecule has 0 radical (unpaired) electrons. The number of benzene rings is 1. The fourth-order valence-electron chi connectivity index (χ4n) is 6.28. The van der Waals surface area contributed by atoms with E-state index in [1.807, 2.05) is 51.1 Å². The molecule has 1 aromatic carbocycles. The number of amides is 1. The van der Waals surface area contributed by atoms with Gasteiger partial charge in [-0.3, -0.25) is 4.79 Å². The number of likely N-dealkylation sites (tertiary alicyclic amines) is 1. The van der Waals surface area contributed by atoms with Crippen LogP contribution in [0.15, 0.2) is 42.6 Å². The number of hydrogen-bond donors (Lipinski definition) is 1. The average Bonchev–Trinajstić information content (AvgIpc) is 3.28. The number of alkyl halides is 3. The van der Waals surface area contributed by atoms with Gasteiger partial charge in [0.2, 0.25) is 11.8 Å². The number of carboxylic acid groups (broad SMARTS) is 1. The van der Waals surface area contributed by atoms with Crippen LogP contribution in [0, 0.1) is 17.3 Å². The van der Waals surface area contributed by atoms with Crippen molar-refractivity contribution in [3.63, 3.8) is 0 Å². The molecular weight excluding hydrogens is 525 g/mol. The van der Waals surface area contributed by atoms with E-state index < -0.39 is 47.2 Å². The summed E-state index contributed by atoms with van der Waals surface area (Å²) >= 11 is 0. The zero-order valence-corrected chi connectivity index (χ0v) is 23.3. The van der Waals surface area contributed by atoms with Gasteiger partial charge < -0.3 is 19.5 Å². The van der Waals surface area contributed by atoms with Crippen LogP contribution in [0.2, 0.25) is 0 Å². The maximum Gasteiger partial charge on any atom is 0.417 e. The Hall–Kier alpha value is -3.14. The number of rotatable bonds is 7. The quantitative estimate of drug-likeness (QED) is 0.428. The van der Waals surface area contributed by atoms with Crippen molar-refractivity contribution in [2.45, 2.75) is 83.8 Å². The van der Waals surface area contributed by atoms with E-state index in [9.17, 15) is 27.9 Å². The number of halogens is 3. The lowest BCUT2D eigenvalue weighted by atomic mass is 9.73. The third kappa shape index (κ3) is 6.11. The van der Waals surface area contributed by atoms with Gasteiger partial charge >= 0.3 is 12.1 Å². The lowest BCUT2D eigenvalue weighted by Crippen LogP contribution is -2.49. The summed E-state index contributed by atoms with van der Waals surface area (Å²) in [5.74, 6) is -2.30. The third-order valence-corrected chi connectivity index (χ3v) is 8.08. The standard InChI is InChI=1S/C30H37F3N2O5/c1-29(2,3)22-24(28(37)38)35(27(36)19-13-9-6-10-14-19)23(18-11-7-5-8-12-18)25(22)40-17-20-15-21(30(31,32)33)16-34-26(20)39-4/h5,7-8,11-12,15-16,19,22-25H,6,9-10,13-14,17H2,1-4H3,(H,37,38)/t22-,23+,24+,25+/m0/s1. The van der Waals surface area contributed by atoms with Crippen LogP contribution in [-0.4, -0.2) is 46.1 Å². The van der Waals surface area contributed by atoms with Gasteiger partial charge in [0.15, 0.2) is 0 Å². The van der Waals surface area contributed by atoms with Crippen LogP contribution in [0.4, 0.5) is 13.2 Å². The van der Waals surface area contributed by atoms with E-state index >= 15 is 0 Å². The molecule has 1 aromatic heterocycles. The monoisotopic (exact) mass is 562 g/mol. The van der Waals surface area contributed by atoms with Crippen LogP contribution in [0.1, 0.15) is 75.6 Å². The number of carbonyl (C=O) groups is 2. The molecule has 10 heteroatoms. The van der Waals surface area contributed by atoms with Crippen LogP contribution in [0.5, 0.6) is 5.88 Å². The lowest BCUT2D eigenvalue weighted by Gasteiger charge is -2.35. The zero-order chi connectivity index (χ0) is 29.2. The molecule has 4 rings (SSSR count). The summed E-state index contributed by atoms with van der Waals surface area (Å²) in [6, 6.07) is 8.14. The minimum atomic E-state index is -4.61. The highest BCUT2D eigenvalue weighted by Gasteiger charge is 2.59. The maximum absolute atomic E-state index is 14.1. The molecule has 1 amide bonds. The van der Waals surface area contributed by atoms with Crippen LogP contribution in [0.25, 0.3) is 0 Å². The number of carbonyl (C=O) groups excluding carboxylic acids is 1. The number of pyridine rings is 1. The second kappa shape index (κ2) is 11.8. The van der Waals surface area contributed by atoms with Gasteiger partial charge in [-0.05, 0) is 29.9 Å². The first-order valence-corrected chi connectivity index (χ1v) is 13.7. The van der Waals surface area contributed by atoms with Crippen molar-refractivity contribution in [2.24, 2.45) is 17.3 Å². The van der Waals surface area contributed by atoms with Crippen molar-refractivity contribution < 1.29 is 37.3 Å². The van der Waals surface area contributed by atoms with Gasteiger partial charge in [-0.2, -0.15) is 13.2 Å². The van der Waals surface area contributed by atoms with Gasteiger partial charge in [0.05, 0.1) is 31.4 Å². The Morgan fingerprint density at radius 2 is 1.73 bits per heavy atom. The first-order valence-electron chi connectivity index (χ1n) is 13.7. The van der Waals surface area contributed by atoms with Crippen LogP contribution >= 0.6 is 0 Å². The minimum Gasteiger partial charge on any atom is -0.481 e. The molecule has 4 atom stereocenters. The largest absolute Gasteiger partial charge is 0.481 e. The van der Waals surface area contributed by atoms with E-state index in [2.05, 4.69) is 4.98 Å². The van der Waals surface area contributed by atoms with Gasteiger partial charge in [0.25, 0.3) is 0 Å². The lowest BCUT2D eigenvalue weighted by molar-refractivity contribution is -0.154. The smallest absolute Gasteiger partial charge is 0.417 e. The normalized spacial score (nSPS) is 24.2. The fourth-order valence-corrected chi connectivity index (χ4v) is 6.28. The molecule has 1 aliphatic heterocycles. The number of aromatic nitrogens is 1. The summed E-state index contributed by atoms with van der Waals surface area (Å²) in [6.07, 6.45) is -0.490. The van der Waals surface area contributed by atoms with Crippen molar-refractivity contribution in [2.75, 3.05) is 7.11 Å². The zero-order valence-electron chi connectivity index (χ0n) is 23.3. The number of hydrogen-bond acceptors (Lipinski definition) is 5. The van der Waals surface area contributed by atoms with Crippen molar-refractivity contribution in [3.8, 4) is 5.88 Å². The molecule has 40 heavy (non-hydrogen) atoms. The van der Waals surface area contributed by atoms with Crippen LogP contribution in [-0.2, 0) is 27.1 Å². The summed E-state index contributed by atoms with van der Waals surface area (Å²) in [5.41, 5.74) is -0.772. The maximum atomic E-state index is 14.1. The Morgan fingerprint density at radius 1 is 1.07 bits per heavy atom. The Labute approximate surface area is 232 Å². The van der Waals surface area contributed by atoms with Crippen molar-refractivity contribution in [3.05, 3.63) is 59.3 Å². The fraction of sp³-hybridized carbons (Fsp3) is 0.567. The summed E-state index contributed by atoms with van der Waals surface area (Å²) in [4.78, 5) is 32.3. The molecule has 0 spiro atoms. The topological polar surface area (TPSA) is 89.0 Å². The molecule has 2 heterocycles. The molecule has 7 nitrogen and oxygen atoms in total. The first-order chi connectivity index (χ1) is 18.8. The van der Waals surface area contributed by atoms with Gasteiger partial charge in [-0.15, -0.1) is 0 Å². The van der Waals surface area contributed by atoms with Crippen LogP contribution in [0.3, 0.4) is 0 Å².